The van der Waals surface area contributed by atoms with Crippen LogP contribution >= 0.6 is 0 Å². The fourth-order valence-corrected chi connectivity index (χ4v) is 2.18. The van der Waals surface area contributed by atoms with Crippen LogP contribution in [0.25, 0.3) is 0 Å². The summed E-state index contributed by atoms with van der Waals surface area (Å²) in [6, 6.07) is 0. The molecular weight excluding hydrogens is 270 g/mol. The average Bonchev–Trinajstić information content (AvgIpc) is 2.85. The van der Waals surface area contributed by atoms with Crippen LogP contribution in [0.2, 0.25) is 0 Å². The fourth-order valence-electron chi connectivity index (χ4n) is 1.43. The second-order valence-electron chi connectivity index (χ2n) is 3.89. The number of nitrogens with zero attached hydrogens (tertiary/aromatic N) is 3. The number of rotatable bonds is 9. The van der Waals surface area contributed by atoms with Gasteiger partial charge in [-0.3, -0.25) is 4.68 Å². The molecule has 1 heterocycles. The lowest BCUT2D eigenvalue weighted by Gasteiger charge is -2.13. The molecule has 1 rings (SSSR count). The molecule has 0 saturated heterocycles. The van der Waals surface area contributed by atoms with Crippen molar-refractivity contribution in [1.82, 2.24) is 15.0 Å². The number of hydrogen-bond acceptors (Lipinski definition) is 6. The van der Waals surface area contributed by atoms with E-state index in [9.17, 15) is 8.42 Å². The van der Waals surface area contributed by atoms with Gasteiger partial charge in [-0.05, 0) is 13.8 Å². The number of aryl methyl sites for hydroxylation is 1. The Morgan fingerprint density at radius 3 is 2.42 bits per heavy atom. The average molecular weight is 291 g/mol. The lowest BCUT2D eigenvalue weighted by molar-refractivity contribution is -0.142. The van der Waals surface area contributed by atoms with E-state index in [-0.39, 0.29) is 18.1 Å². The van der Waals surface area contributed by atoms with Crippen LogP contribution in [0, 0.1) is 0 Å². The molecule has 0 radical (unpaired) electrons. The summed E-state index contributed by atoms with van der Waals surface area (Å²) < 4.78 is 35.1. The molecule has 8 heteroatoms. The zero-order valence-corrected chi connectivity index (χ0v) is 12.4. The van der Waals surface area contributed by atoms with E-state index >= 15 is 0 Å². The van der Waals surface area contributed by atoms with Crippen LogP contribution in [0.1, 0.15) is 32.8 Å². The molecule has 110 valence electrons. The van der Waals surface area contributed by atoms with Gasteiger partial charge in [0.15, 0.2) is 9.84 Å². The van der Waals surface area contributed by atoms with Crippen molar-refractivity contribution in [2.45, 2.75) is 33.6 Å². The summed E-state index contributed by atoms with van der Waals surface area (Å²) in [7, 11) is -3.00. The van der Waals surface area contributed by atoms with E-state index in [1.54, 1.807) is 13.1 Å². The monoisotopic (exact) mass is 291 g/mol. The first-order chi connectivity index (χ1) is 9.02. The Hall–Kier alpha value is -0.990. The first-order valence-electron chi connectivity index (χ1n) is 6.36. The molecule has 7 nitrogen and oxygen atoms in total. The molecule has 1 aromatic rings. The fraction of sp³-hybridized carbons (Fsp3) is 0.818. The minimum absolute atomic E-state index is 0.0558. The number of sulfone groups is 1. The Bertz CT molecular complexity index is 466. The maximum atomic E-state index is 11.4. The zero-order valence-electron chi connectivity index (χ0n) is 11.6. The van der Waals surface area contributed by atoms with E-state index in [1.807, 2.05) is 13.8 Å². The van der Waals surface area contributed by atoms with Gasteiger partial charge in [-0.2, -0.15) is 0 Å². The molecule has 0 unspecified atom stereocenters. The van der Waals surface area contributed by atoms with Crippen LogP contribution in [0.3, 0.4) is 0 Å². The summed E-state index contributed by atoms with van der Waals surface area (Å²) >= 11 is 0. The van der Waals surface area contributed by atoms with Crippen LogP contribution < -0.4 is 0 Å². The summed E-state index contributed by atoms with van der Waals surface area (Å²) in [6.07, 6.45) is 1.10. The topological polar surface area (TPSA) is 83.3 Å². The van der Waals surface area contributed by atoms with Gasteiger partial charge >= 0.3 is 0 Å². The smallest absolute Gasteiger partial charge is 0.204 e. The Kier molecular flexibility index (Phi) is 6.40. The highest BCUT2D eigenvalue weighted by atomic mass is 32.2. The third kappa shape index (κ3) is 5.25. The van der Waals surface area contributed by atoms with Crippen molar-refractivity contribution < 1.29 is 17.9 Å². The molecule has 0 aromatic carbocycles. The SMILES string of the molecule is CCOC(OCC)c1cn(CCS(=O)(=O)CC)nn1. The third-order valence-electron chi connectivity index (χ3n) is 2.51. The van der Waals surface area contributed by atoms with Gasteiger partial charge < -0.3 is 9.47 Å². The Labute approximate surface area is 113 Å². The van der Waals surface area contributed by atoms with Crippen molar-refractivity contribution in [1.29, 1.82) is 0 Å². The first kappa shape index (κ1) is 16.1. The number of aromatic nitrogens is 3. The van der Waals surface area contributed by atoms with Gasteiger partial charge in [0.2, 0.25) is 6.29 Å². The molecule has 0 amide bonds. The van der Waals surface area contributed by atoms with Crippen LogP contribution in [-0.4, -0.2) is 48.1 Å². The van der Waals surface area contributed by atoms with E-state index in [4.69, 9.17) is 9.47 Å². The van der Waals surface area contributed by atoms with Crippen molar-refractivity contribution in [3.8, 4) is 0 Å². The third-order valence-corrected chi connectivity index (χ3v) is 4.19. The van der Waals surface area contributed by atoms with Crippen LogP contribution in [0.4, 0.5) is 0 Å². The maximum absolute atomic E-state index is 11.4. The standard InChI is InChI=1S/C11H21N3O4S/c1-4-17-11(18-5-2)10-9-14(13-12-10)7-8-19(15,16)6-3/h9,11H,4-8H2,1-3H3. The van der Waals surface area contributed by atoms with Crippen LogP contribution in [0.5, 0.6) is 0 Å². The van der Waals surface area contributed by atoms with E-state index in [0.717, 1.165) is 0 Å². The van der Waals surface area contributed by atoms with E-state index in [2.05, 4.69) is 10.3 Å². The first-order valence-corrected chi connectivity index (χ1v) is 8.18. The van der Waals surface area contributed by atoms with Crippen molar-refractivity contribution in [2.24, 2.45) is 0 Å². The molecule has 19 heavy (non-hydrogen) atoms. The van der Waals surface area contributed by atoms with Crippen molar-refractivity contribution in [3.63, 3.8) is 0 Å². The van der Waals surface area contributed by atoms with Crippen LogP contribution in [-0.2, 0) is 25.9 Å². The van der Waals surface area contributed by atoms with E-state index in [0.29, 0.717) is 18.9 Å². The van der Waals surface area contributed by atoms with Crippen molar-refractivity contribution in [2.75, 3.05) is 24.7 Å². The molecule has 0 saturated carbocycles. The summed E-state index contributed by atoms with van der Waals surface area (Å²) in [4.78, 5) is 0. The van der Waals surface area contributed by atoms with Gasteiger partial charge in [-0.25, -0.2) is 8.42 Å². The second kappa shape index (κ2) is 7.56. The highest BCUT2D eigenvalue weighted by molar-refractivity contribution is 7.91. The van der Waals surface area contributed by atoms with E-state index in [1.165, 1.54) is 4.68 Å². The largest absolute Gasteiger partial charge is 0.347 e. The molecule has 0 spiro atoms. The molecule has 1 aromatic heterocycles. The highest BCUT2D eigenvalue weighted by Gasteiger charge is 2.16. The summed E-state index contributed by atoms with van der Waals surface area (Å²) in [5.41, 5.74) is 0.553. The Balaban J connectivity index is 2.65. The number of hydrogen-bond donors (Lipinski definition) is 0. The van der Waals surface area contributed by atoms with Gasteiger partial charge in [0, 0.05) is 19.0 Å². The molecule has 0 fully saturated rings. The van der Waals surface area contributed by atoms with E-state index < -0.39 is 16.1 Å². The van der Waals surface area contributed by atoms with Gasteiger partial charge in [0.1, 0.15) is 5.69 Å². The van der Waals surface area contributed by atoms with Crippen molar-refractivity contribution in [3.05, 3.63) is 11.9 Å². The Morgan fingerprint density at radius 1 is 1.26 bits per heavy atom. The molecule has 0 bridgehead atoms. The number of ether oxygens (including phenoxy) is 2. The normalized spacial score (nSPS) is 12.2. The second-order valence-corrected chi connectivity index (χ2v) is 6.36. The molecule has 0 aliphatic rings. The van der Waals surface area contributed by atoms with Gasteiger partial charge in [0.25, 0.3) is 0 Å². The predicted molar refractivity (Wildman–Crippen MR) is 70.3 cm³/mol. The van der Waals surface area contributed by atoms with Gasteiger partial charge in [-0.1, -0.05) is 12.1 Å². The molecule has 0 atom stereocenters. The predicted octanol–water partition coefficient (Wildman–Crippen LogP) is 0.784. The van der Waals surface area contributed by atoms with Gasteiger partial charge in [0.05, 0.1) is 18.5 Å². The highest BCUT2D eigenvalue weighted by Crippen LogP contribution is 2.15. The molecule has 0 aliphatic heterocycles. The Morgan fingerprint density at radius 2 is 1.89 bits per heavy atom. The molecule has 0 aliphatic carbocycles. The minimum Gasteiger partial charge on any atom is -0.347 e. The lowest BCUT2D eigenvalue weighted by atomic mass is 10.4. The summed E-state index contributed by atoms with van der Waals surface area (Å²) in [6.45, 7) is 6.65. The van der Waals surface area contributed by atoms with Gasteiger partial charge in [-0.15, -0.1) is 5.10 Å². The van der Waals surface area contributed by atoms with Crippen LogP contribution in [0.15, 0.2) is 6.20 Å². The zero-order chi connectivity index (χ0) is 14.3. The summed E-state index contributed by atoms with van der Waals surface area (Å²) in [5, 5.41) is 7.83. The molecule has 0 N–H and O–H groups in total. The van der Waals surface area contributed by atoms with Crippen molar-refractivity contribution >= 4 is 9.84 Å². The molecular formula is C11H21N3O4S. The maximum Gasteiger partial charge on any atom is 0.204 e. The summed E-state index contributed by atoms with van der Waals surface area (Å²) in [5.74, 6) is 0.190. The lowest BCUT2D eigenvalue weighted by Crippen LogP contribution is -2.15. The minimum atomic E-state index is -3.00. The quantitative estimate of drug-likeness (QED) is 0.625.